The summed E-state index contributed by atoms with van der Waals surface area (Å²) in [6, 6.07) is 2.89. The normalized spacial score (nSPS) is 11.8. The van der Waals surface area contributed by atoms with Crippen LogP contribution in [0.25, 0.3) is 0 Å². The maximum Gasteiger partial charge on any atom is 0.458 e. The van der Waals surface area contributed by atoms with Crippen LogP contribution in [0.4, 0.5) is 39.5 Å². The summed E-state index contributed by atoms with van der Waals surface area (Å²) in [5.41, 5.74) is -1.21. The molecule has 0 unspecified atom stereocenters. The molecule has 0 aliphatic rings. The van der Waals surface area contributed by atoms with E-state index in [1.807, 2.05) is 6.92 Å². The van der Waals surface area contributed by atoms with Crippen LogP contribution in [-0.2, 0) is 12.8 Å². The number of hydrogen-bond donors (Lipinski definition) is 0. The summed E-state index contributed by atoms with van der Waals surface area (Å²) in [5.74, 6) is -4.84. The number of unbranched alkanes of at least 4 members (excludes halogenated alkanes) is 2. The molecule has 0 heterocycles. The molecule has 1 nitrogen and oxygen atoms in total. The van der Waals surface area contributed by atoms with Gasteiger partial charge in [0.25, 0.3) is 0 Å². The molecule has 0 atom stereocenters. The van der Waals surface area contributed by atoms with E-state index in [1.54, 1.807) is 0 Å². The van der Waals surface area contributed by atoms with Crippen molar-refractivity contribution in [3.8, 4) is 17.6 Å². The van der Waals surface area contributed by atoms with Crippen molar-refractivity contribution < 1.29 is 44.3 Å². The standard InChI is InChI=1S/C23H19F9O/c1-2-3-4-5-14-12-19(26)21(20(27)13-14)33-23(31,32)9-6-15-10-17(24)16(18(25)11-15)7-8-22(28,29)30/h10-13H,2-6,9H2,1H3. The zero-order valence-corrected chi connectivity index (χ0v) is 17.4. The molecule has 0 saturated heterocycles. The lowest BCUT2D eigenvalue weighted by molar-refractivity contribution is -0.183. The van der Waals surface area contributed by atoms with Gasteiger partial charge in [-0.25, -0.2) is 17.6 Å². The van der Waals surface area contributed by atoms with E-state index in [0.717, 1.165) is 25.0 Å². The fourth-order valence-electron chi connectivity index (χ4n) is 2.95. The number of ether oxygens (including phenoxy) is 1. The minimum Gasteiger partial charge on any atom is -0.426 e. The smallest absolute Gasteiger partial charge is 0.426 e. The van der Waals surface area contributed by atoms with Crippen LogP contribution in [0.2, 0.25) is 0 Å². The molecular formula is C23H19F9O. The first kappa shape index (κ1) is 26.4. The van der Waals surface area contributed by atoms with Gasteiger partial charge in [-0.2, -0.15) is 22.0 Å². The molecule has 0 aliphatic heterocycles. The third kappa shape index (κ3) is 8.22. The van der Waals surface area contributed by atoms with Crippen molar-refractivity contribution in [2.75, 3.05) is 0 Å². The van der Waals surface area contributed by atoms with Gasteiger partial charge in [0.15, 0.2) is 17.4 Å². The summed E-state index contributed by atoms with van der Waals surface area (Å²) >= 11 is 0. The van der Waals surface area contributed by atoms with E-state index in [-0.39, 0.29) is 11.1 Å². The van der Waals surface area contributed by atoms with Crippen molar-refractivity contribution in [1.29, 1.82) is 0 Å². The van der Waals surface area contributed by atoms with Crippen molar-refractivity contribution in [2.45, 2.75) is 57.7 Å². The Hall–Kier alpha value is -2.83. The summed E-state index contributed by atoms with van der Waals surface area (Å²) in [6.45, 7) is 1.94. The molecule has 33 heavy (non-hydrogen) atoms. The molecule has 2 aromatic rings. The van der Waals surface area contributed by atoms with Crippen molar-refractivity contribution in [3.05, 3.63) is 64.2 Å². The predicted molar refractivity (Wildman–Crippen MR) is 103 cm³/mol. The van der Waals surface area contributed by atoms with Gasteiger partial charge in [0, 0.05) is 5.92 Å². The highest BCUT2D eigenvalue weighted by Gasteiger charge is 2.34. The first-order valence-electron chi connectivity index (χ1n) is 9.94. The number of halogens is 9. The molecule has 0 N–H and O–H groups in total. The van der Waals surface area contributed by atoms with Crippen molar-refractivity contribution in [3.63, 3.8) is 0 Å². The first-order valence-corrected chi connectivity index (χ1v) is 9.94. The Labute approximate surface area is 184 Å². The van der Waals surface area contributed by atoms with Crippen LogP contribution in [0.1, 0.15) is 49.3 Å². The third-order valence-electron chi connectivity index (χ3n) is 4.51. The Morgan fingerprint density at radius 2 is 1.27 bits per heavy atom. The van der Waals surface area contributed by atoms with Gasteiger partial charge >= 0.3 is 12.3 Å². The molecule has 0 radical (unpaired) electrons. The van der Waals surface area contributed by atoms with Crippen LogP contribution in [0.15, 0.2) is 24.3 Å². The van der Waals surface area contributed by atoms with Gasteiger partial charge in [0.2, 0.25) is 0 Å². The number of hydrogen-bond acceptors (Lipinski definition) is 1. The molecule has 0 amide bonds. The number of aryl methyl sites for hydroxylation is 2. The summed E-state index contributed by atoms with van der Waals surface area (Å²) < 4.78 is 125. The Morgan fingerprint density at radius 3 is 1.79 bits per heavy atom. The topological polar surface area (TPSA) is 9.23 Å². The summed E-state index contributed by atoms with van der Waals surface area (Å²) in [7, 11) is 0. The van der Waals surface area contributed by atoms with Crippen LogP contribution in [0, 0.1) is 35.1 Å². The third-order valence-corrected chi connectivity index (χ3v) is 4.51. The van der Waals surface area contributed by atoms with Gasteiger partial charge in [-0.15, -0.1) is 0 Å². The van der Waals surface area contributed by atoms with Gasteiger partial charge in [0.1, 0.15) is 11.6 Å². The number of benzene rings is 2. The van der Waals surface area contributed by atoms with E-state index in [4.69, 9.17) is 0 Å². The zero-order valence-electron chi connectivity index (χ0n) is 17.4. The van der Waals surface area contributed by atoms with E-state index in [2.05, 4.69) is 4.74 Å². The maximum atomic E-state index is 14.1. The highest BCUT2D eigenvalue weighted by molar-refractivity contribution is 5.40. The van der Waals surface area contributed by atoms with Gasteiger partial charge < -0.3 is 4.74 Å². The molecule has 10 heteroatoms. The van der Waals surface area contributed by atoms with Crippen LogP contribution in [0.3, 0.4) is 0 Å². The Balaban J connectivity index is 2.10. The largest absolute Gasteiger partial charge is 0.458 e. The van der Waals surface area contributed by atoms with E-state index in [1.165, 1.54) is 5.92 Å². The number of rotatable bonds is 9. The fourth-order valence-corrected chi connectivity index (χ4v) is 2.95. The quantitative estimate of drug-likeness (QED) is 0.204. The van der Waals surface area contributed by atoms with Crippen LogP contribution < -0.4 is 4.74 Å². The molecule has 0 spiro atoms. The predicted octanol–water partition coefficient (Wildman–Crippen LogP) is 7.49. The monoisotopic (exact) mass is 482 g/mol. The lowest BCUT2D eigenvalue weighted by Gasteiger charge is -2.19. The first-order chi connectivity index (χ1) is 15.3. The zero-order chi connectivity index (χ0) is 24.8. The Bertz CT molecular complexity index is 986. The minimum absolute atomic E-state index is 0.286. The Kier molecular flexibility index (Phi) is 8.69. The minimum atomic E-state index is -4.98. The fraction of sp³-hybridized carbons (Fsp3) is 0.391. The van der Waals surface area contributed by atoms with Crippen LogP contribution in [-0.4, -0.2) is 12.3 Å². The van der Waals surface area contributed by atoms with Gasteiger partial charge in [-0.3, -0.25) is 0 Å². The van der Waals surface area contributed by atoms with Gasteiger partial charge in [-0.05, 0) is 54.7 Å². The molecular weight excluding hydrogens is 463 g/mol. The molecule has 180 valence electrons. The number of alkyl halides is 5. The van der Waals surface area contributed by atoms with Crippen molar-refractivity contribution >= 4 is 0 Å². The summed E-state index contributed by atoms with van der Waals surface area (Å²) in [6.07, 6.45) is -8.25. The second kappa shape index (κ2) is 10.9. The van der Waals surface area contributed by atoms with E-state index in [0.29, 0.717) is 30.9 Å². The van der Waals surface area contributed by atoms with Gasteiger partial charge in [-0.1, -0.05) is 25.7 Å². The average molecular weight is 482 g/mol. The van der Waals surface area contributed by atoms with Gasteiger partial charge in [0.05, 0.1) is 12.0 Å². The maximum absolute atomic E-state index is 14.1. The second-order valence-corrected chi connectivity index (χ2v) is 7.27. The van der Waals surface area contributed by atoms with Crippen molar-refractivity contribution in [2.24, 2.45) is 0 Å². The average Bonchev–Trinajstić information content (AvgIpc) is 2.68. The molecule has 0 aliphatic carbocycles. The van der Waals surface area contributed by atoms with E-state index < -0.39 is 59.7 Å². The summed E-state index contributed by atoms with van der Waals surface area (Å²) in [5, 5.41) is 0. The second-order valence-electron chi connectivity index (χ2n) is 7.27. The lowest BCUT2D eigenvalue weighted by Crippen LogP contribution is -2.26. The molecule has 0 aromatic heterocycles. The van der Waals surface area contributed by atoms with E-state index in [9.17, 15) is 39.5 Å². The summed E-state index contributed by atoms with van der Waals surface area (Å²) in [4.78, 5) is 0. The van der Waals surface area contributed by atoms with E-state index >= 15 is 0 Å². The van der Waals surface area contributed by atoms with Crippen molar-refractivity contribution in [1.82, 2.24) is 0 Å². The molecule has 0 fully saturated rings. The molecule has 0 bridgehead atoms. The molecule has 2 aromatic carbocycles. The molecule has 2 rings (SSSR count). The SMILES string of the molecule is CCCCCc1cc(F)c(OC(F)(F)CCc2cc(F)c(C#CC(F)(F)F)c(F)c2)c(F)c1. The van der Waals surface area contributed by atoms with Crippen LogP contribution in [0.5, 0.6) is 5.75 Å². The lowest BCUT2D eigenvalue weighted by atomic mass is 10.1. The molecule has 0 saturated carbocycles. The Morgan fingerprint density at radius 1 is 0.758 bits per heavy atom. The van der Waals surface area contributed by atoms with Crippen LogP contribution >= 0.6 is 0 Å². The highest BCUT2D eigenvalue weighted by atomic mass is 19.4. The highest BCUT2D eigenvalue weighted by Crippen LogP contribution is 2.32.